The zero-order chi connectivity index (χ0) is 14.8. The normalized spacial score (nSPS) is 12.2. The smallest absolute Gasteiger partial charge is 0.331 e. The van der Waals surface area contributed by atoms with Crippen LogP contribution in [-0.4, -0.2) is 22.0 Å². The van der Waals surface area contributed by atoms with E-state index in [0.29, 0.717) is 10.4 Å². The SMILES string of the molecule is O=C(NC(C(=O)O)c1cccs1)c1ccc2ncsc2c1. The number of aliphatic carboxylic acids is 1. The zero-order valence-corrected chi connectivity index (χ0v) is 12.3. The molecule has 1 atom stereocenters. The van der Waals surface area contributed by atoms with Crippen molar-refractivity contribution < 1.29 is 14.7 Å². The van der Waals surface area contributed by atoms with Crippen molar-refractivity contribution in [3.8, 4) is 0 Å². The Hall–Kier alpha value is -2.25. The maximum absolute atomic E-state index is 12.2. The number of fused-ring (bicyclic) bond motifs is 1. The topological polar surface area (TPSA) is 79.3 Å². The van der Waals surface area contributed by atoms with Crippen molar-refractivity contribution in [2.45, 2.75) is 6.04 Å². The number of benzene rings is 1. The average Bonchev–Trinajstić information content (AvgIpc) is 3.14. The quantitative estimate of drug-likeness (QED) is 0.775. The fraction of sp³-hybridized carbons (Fsp3) is 0.0714. The van der Waals surface area contributed by atoms with E-state index < -0.39 is 17.9 Å². The third-order valence-corrected chi connectivity index (χ3v) is 4.67. The third-order valence-electron chi connectivity index (χ3n) is 2.94. The van der Waals surface area contributed by atoms with Gasteiger partial charge in [-0.05, 0) is 29.6 Å². The van der Waals surface area contributed by atoms with Crippen LogP contribution in [0.3, 0.4) is 0 Å². The van der Waals surface area contributed by atoms with E-state index >= 15 is 0 Å². The number of aromatic nitrogens is 1. The summed E-state index contributed by atoms with van der Waals surface area (Å²) >= 11 is 2.73. The van der Waals surface area contributed by atoms with Gasteiger partial charge in [0, 0.05) is 10.4 Å². The Morgan fingerprint density at radius 3 is 2.81 bits per heavy atom. The number of amides is 1. The molecule has 7 heteroatoms. The molecule has 21 heavy (non-hydrogen) atoms. The molecule has 2 N–H and O–H groups in total. The lowest BCUT2D eigenvalue weighted by Crippen LogP contribution is -2.33. The zero-order valence-electron chi connectivity index (χ0n) is 10.6. The number of nitrogens with one attached hydrogen (secondary N) is 1. The molecule has 3 aromatic rings. The summed E-state index contributed by atoms with van der Waals surface area (Å²) in [6.07, 6.45) is 0. The van der Waals surface area contributed by atoms with Crippen molar-refractivity contribution in [2.75, 3.05) is 0 Å². The summed E-state index contributed by atoms with van der Waals surface area (Å²) in [6, 6.07) is 7.53. The number of hydrogen-bond donors (Lipinski definition) is 2. The highest BCUT2D eigenvalue weighted by Crippen LogP contribution is 2.22. The number of thiophene rings is 1. The number of hydrogen-bond acceptors (Lipinski definition) is 5. The van der Waals surface area contributed by atoms with Gasteiger partial charge in [0.1, 0.15) is 0 Å². The fourth-order valence-electron chi connectivity index (χ4n) is 1.92. The molecule has 5 nitrogen and oxygen atoms in total. The Labute approximate surface area is 127 Å². The van der Waals surface area contributed by atoms with Crippen LogP contribution in [-0.2, 0) is 4.79 Å². The molecule has 0 aliphatic rings. The van der Waals surface area contributed by atoms with E-state index in [1.54, 1.807) is 41.2 Å². The number of nitrogens with zero attached hydrogens (tertiary/aromatic N) is 1. The molecule has 2 aromatic heterocycles. The van der Waals surface area contributed by atoms with Crippen LogP contribution in [0.15, 0.2) is 41.2 Å². The number of thiazole rings is 1. The van der Waals surface area contributed by atoms with Crippen molar-refractivity contribution in [3.63, 3.8) is 0 Å². The van der Waals surface area contributed by atoms with Gasteiger partial charge in [0.05, 0.1) is 15.7 Å². The summed E-state index contributed by atoms with van der Waals surface area (Å²) in [6.45, 7) is 0. The highest BCUT2D eigenvalue weighted by molar-refractivity contribution is 7.16. The predicted molar refractivity (Wildman–Crippen MR) is 81.8 cm³/mol. The van der Waals surface area contributed by atoms with E-state index in [1.165, 1.54) is 22.7 Å². The van der Waals surface area contributed by atoms with Gasteiger partial charge in [-0.1, -0.05) is 6.07 Å². The maximum atomic E-state index is 12.2. The van der Waals surface area contributed by atoms with Crippen LogP contribution >= 0.6 is 22.7 Å². The maximum Gasteiger partial charge on any atom is 0.331 e. The highest BCUT2D eigenvalue weighted by Gasteiger charge is 2.23. The van der Waals surface area contributed by atoms with Crippen LogP contribution in [0.1, 0.15) is 21.3 Å². The first-order chi connectivity index (χ1) is 10.1. The Bertz CT molecular complexity index is 796. The van der Waals surface area contributed by atoms with Crippen molar-refractivity contribution >= 4 is 44.8 Å². The molecule has 106 valence electrons. The van der Waals surface area contributed by atoms with Crippen LogP contribution in [0.2, 0.25) is 0 Å². The van der Waals surface area contributed by atoms with Crippen molar-refractivity contribution in [2.24, 2.45) is 0 Å². The van der Waals surface area contributed by atoms with Gasteiger partial charge < -0.3 is 10.4 Å². The first-order valence-corrected chi connectivity index (χ1v) is 7.81. The Balaban J connectivity index is 1.85. The van der Waals surface area contributed by atoms with Gasteiger partial charge in [-0.2, -0.15) is 0 Å². The van der Waals surface area contributed by atoms with Crippen LogP contribution < -0.4 is 5.32 Å². The molecule has 0 aliphatic carbocycles. The standard InChI is InChI=1S/C14H10N2O3S2/c17-13(8-3-4-9-11(6-8)21-7-15-9)16-12(14(18)19)10-2-1-5-20-10/h1-7,12H,(H,16,17)(H,18,19). The number of carbonyl (C=O) groups excluding carboxylic acids is 1. The molecule has 1 aromatic carbocycles. The lowest BCUT2D eigenvalue weighted by Gasteiger charge is -2.12. The summed E-state index contributed by atoms with van der Waals surface area (Å²) in [5.74, 6) is -1.49. The van der Waals surface area contributed by atoms with Crippen LogP contribution in [0.5, 0.6) is 0 Å². The van der Waals surface area contributed by atoms with Crippen LogP contribution in [0.25, 0.3) is 10.2 Å². The van der Waals surface area contributed by atoms with E-state index in [2.05, 4.69) is 10.3 Å². The van der Waals surface area contributed by atoms with Crippen molar-refractivity contribution in [1.29, 1.82) is 0 Å². The minimum atomic E-state index is -1.08. The second-order valence-corrected chi connectivity index (χ2v) is 6.16. The van der Waals surface area contributed by atoms with Crippen molar-refractivity contribution in [1.82, 2.24) is 10.3 Å². The lowest BCUT2D eigenvalue weighted by molar-refractivity contribution is -0.139. The Kier molecular flexibility index (Phi) is 3.68. The number of carbonyl (C=O) groups is 2. The van der Waals surface area contributed by atoms with Gasteiger partial charge in [0.25, 0.3) is 5.91 Å². The van der Waals surface area contributed by atoms with E-state index in [0.717, 1.165) is 10.2 Å². The predicted octanol–water partition coefficient (Wildman–Crippen LogP) is 2.91. The summed E-state index contributed by atoms with van der Waals surface area (Å²) in [5.41, 5.74) is 2.96. The van der Waals surface area contributed by atoms with Gasteiger partial charge >= 0.3 is 5.97 Å². The third kappa shape index (κ3) is 2.79. The molecular weight excluding hydrogens is 308 g/mol. The number of carboxylic acid groups (broad SMARTS) is 1. The molecule has 0 saturated carbocycles. The molecular formula is C14H10N2O3S2. The molecule has 0 bridgehead atoms. The van der Waals surface area contributed by atoms with Crippen LogP contribution in [0.4, 0.5) is 0 Å². The largest absolute Gasteiger partial charge is 0.479 e. The second-order valence-electron chi connectivity index (χ2n) is 4.29. The summed E-state index contributed by atoms with van der Waals surface area (Å²) in [7, 11) is 0. The molecule has 0 radical (unpaired) electrons. The first-order valence-electron chi connectivity index (χ1n) is 6.05. The molecule has 0 fully saturated rings. The van der Waals surface area contributed by atoms with E-state index in [4.69, 9.17) is 0 Å². The van der Waals surface area contributed by atoms with E-state index in [-0.39, 0.29) is 0 Å². The summed E-state index contributed by atoms with van der Waals surface area (Å²) in [4.78, 5) is 28.3. The summed E-state index contributed by atoms with van der Waals surface area (Å²) in [5, 5.41) is 13.6. The van der Waals surface area contributed by atoms with Gasteiger partial charge in [0.2, 0.25) is 0 Å². The van der Waals surface area contributed by atoms with Gasteiger partial charge in [-0.25, -0.2) is 9.78 Å². The summed E-state index contributed by atoms with van der Waals surface area (Å²) < 4.78 is 0.894. The minimum Gasteiger partial charge on any atom is -0.479 e. The first kappa shape index (κ1) is 13.7. The second kappa shape index (κ2) is 5.63. The monoisotopic (exact) mass is 318 g/mol. The molecule has 0 saturated heterocycles. The molecule has 1 unspecified atom stereocenters. The Morgan fingerprint density at radius 2 is 2.10 bits per heavy atom. The lowest BCUT2D eigenvalue weighted by atomic mass is 10.1. The highest BCUT2D eigenvalue weighted by atomic mass is 32.1. The molecule has 0 spiro atoms. The fourth-order valence-corrected chi connectivity index (χ4v) is 3.40. The van der Waals surface area contributed by atoms with E-state index in [9.17, 15) is 14.7 Å². The molecule has 1 amide bonds. The van der Waals surface area contributed by atoms with Crippen molar-refractivity contribution in [3.05, 3.63) is 51.7 Å². The molecule has 0 aliphatic heterocycles. The average molecular weight is 318 g/mol. The number of carboxylic acids is 1. The number of rotatable bonds is 4. The van der Waals surface area contributed by atoms with Gasteiger partial charge in [0.15, 0.2) is 6.04 Å². The van der Waals surface area contributed by atoms with Crippen LogP contribution in [0, 0.1) is 0 Å². The molecule has 2 heterocycles. The van der Waals surface area contributed by atoms with Gasteiger partial charge in [-0.15, -0.1) is 22.7 Å². The van der Waals surface area contributed by atoms with E-state index in [1.807, 2.05) is 0 Å². The minimum absolute atomic E-state index is 0.411. The van der Waals surface area contributed by atoms with Gasteiger partial charge in [-0.3, -0.25) is 4.79 Å². The Morgan fingerprint density at radius 1 is 1.24 bits per heavy atom. The molecule has 3 rings (SSSR count).